The molecule has 0 aromatic carbocycles. The molecule has 2 bridgehead atoms. The quantitative estimate of drug-likeness (QED) is 0.167. The number of aliphatic hydroxyl groups is 2. The fourth-order valence-corrected chi connectivity index (χ4v) is 10.1. The molecule has 5 heterocycles. The number of oxime groups is 1. The van der Waals surface area contributed by atoms with Crippen molar-refractivity contribution in [3.63, 3.8) is 0 Å². The summed E-state index contributed by atoms with van der Waals surface area (Å²) in [6, 6.07) is 8.81. The van der Waals surface area contributed by atoms with Gasteiger partial charge in [0.1, 0.15) is 35.3 Å². The van der Waals surface area contributed by atoms with Gasteiger partial charge >= 0.3 is 5.97 Å². The molecular weight excluding hydrogens is 847 g/mol. The van der Waals surface area contributed by atoms with Crippen molar-refractivity contribution in [3.05, 3.63) is 35.2 Å². The number of thiophene rings is 1. The van der Waals surface area contributed by atoms with E-state index in [1.54, 1.807) is 33.8 Å². The highest BCUT2D eigenvalue weighted by Crippen LogP contribution is 2.40. The monoisotopic (exact) mass is 913 g/mol. The minimum absolute atomic E-state index is 0.0615. The molecule has 18 heteroatoms. The second kappa shape index (κ2) is 21.5. The standard InChI is InChI=1S/C46H67N5O12S/c1-13-36-46(10,57)42-26(4)38(48-30(8)53)24(2)20-45(9,41(27(5)39(54)28(6)43(56)62-36)63-44-40(55)34(51(11)12)19-25(3)61-44)59-22-31(21-58-42)50-60-23-32-17-18-35(64-32)33-15-14-16-37(49-33)47-29(7)52/h14-18,24-28,34,36,40-42,44,55,57H,13,19-23H2,1-12H3,(H,47,49,52)/b48-38?,50-31-/t24-,25-,26+,27+,28-,34+,36-,40-,41-,42?,44+,45-,46-/m1/s1. The van der Waals surface area contributed by atoms with Gasteiger partial charge in [0.05, 0.1) is 47.7 Å². The molecule has 0 saturated carbocycles. The van der Waals surface area contributed by atoms with Gasteiger partial charge in [0.15, 0.2) is 18.7 Å². The van der Waals surface area contributed by atoms with Gasteiger partial charge in [-0.15, -0.1) is 11.3 Å². The van der Waals surface area contributed by atoms with Gasteiger partial charge in [-0.2, -0.15) is 0 Å². The number of aliphatic imine (C=N–C) groups is 1. The predicted molar refractivity (Wildman–Crippen MR) is 241 cm³/mol. The molecule has 2 amide bonds. The van der Waals surface area contributed by atoms with Crippen LogP contribution in [-0.2, 0) is 54.3 Å². The number of pyridine rings is 1. The molecule has 2 aromatic heterocycles. The van der Waals surface area contributed by atoms with Gasteiger partial charge in [0, 0.05) is 42.3 Å². The fraction of sp³-hybridized carbons (Fsp3) is 0.674. The maximum atomic E-state index is 14.6. The van der Waals surface area contributed by atoms with Crippen molar-refractivity contribution in [2.75, 3.05) is 32.6 Å². The number of amides is 2. The van der Waals surface area contributed by atoms with Crippen LogP contribution in [0.25, 0.3) is 10.6 Å². The number of aliphatic hydroxyl groups excluding tert-OH is 1. The van der Waals surface area contributed by atoms with Crippen LogP contribution < -0.4 is 5.32 Å². The average molecular weight is 914 g/mol. The predicted octanol–water partition coefficient (Wildman–Crippen LogP) is 5.20. The SMILES string of the molecule is CC[C@H]1OC(=O)[C@H](C)C(=O)[C@H](C)[C@@H](O[C@@H]2O[C@H](C)C[C@H](N(C)C)[C@H]2O)[C@@]2(C)C[C@@H](C)C(=NC(C)=O)[C@H](C)C(OC/C(=N/OCc3ccc(-c4cccc(NC(C)=O)n4)s3)CO2)[C@]1(C)O. The number of ketones is 1. The number of Topliss-reactive ketones (excluding diaryl/α,β-unsaturated/α-hetero) is 1. The van der Waals surface area contributed by atoms with Crippen LogP contribution in [0.4, 0.5) is 5.82 Å². The van der Waals surface area contributed by atoms with Gasteiger partial charge in [0.25, 0.3) is 0 Å². The highest BCUT2D eigenvalue weighted by molar-refractivity contribution is 7.15. The van der Waals surface area contributed by atoms with E-state index in [0.717, 1.165) is 9.75 Å². The van der Waals surface area contributed by atoms with E-state index in [1.165, 1.54) is 39.0 Å². The molecule has 5 rings (SSSR count). The molecule has 354 valence electrons. The summed E-state index contributed by atoms with van der Waals surface area (Å²) in [5.74, 6) is -5.22. The van der Waals surface area contributed by atoms with Gasteiger partial charge in [-0.3, -0.25) is 19.2 Å². The van der Waals surface area contributed by atoms with Crippen molar-refractivity contribution in [2.45, 2.75) is 149 Å². The maximum Gasteiger partial charge on any atom is 0.316 e. The van der Waals surface area contributed by atoms with Crippen LogP contribution in [0.2, 0.25) is 0 Å². The normalized spacial score (nSPS) is 35.9. The number of esters is 1. The third kappa shape index (κ3) is 12.1. The number of nitrogens with zero attached hydrogens (tertiary/aromatic N) is 4. The summed E-state index contributed by atoms with van der Waals surface area (Å²) in [5.41, 5.74) is -1.95. The summed E-state index contributed by atoms with van der Waals surface area (Å²) >= 11 is 1.44. The Hall–Kier alpha value is -4.01. The number of aromatic nitrogens is 1. The zero-order chi connectivity index (χ0) is 47.3. The number of anilines is 1. The van der Waals surface area contributed by atoms with E-state index in [4.69, 9.17) is 28.5 Å². The molecule has 0 aliphatic carbocycles. The maximum absolute atomic E-state index is 14.6. The number of rotatable bonds is 9. The van der Waals surface area contributed by atoms with Crippen LogP contribution in [0.3, 0.4) is 0 Å². The van der Waals surface area contributed by atoms with Gasteiger partial charge in [-0.05, 0) is 91.2 Å². The Morgan fingerprint density at radius 1 is 1.05 bits per heavy atom. The van der Waals surface area contributed by atoms with Crippen LogP contribution >= 0.6 is 11.3 Å². The number of nitrogens with one attached hydrogen (secondary N) is 1. The second-order valence-corrected chi connectivity index (χ2v) is 19.3. The Morgan fingerprint density at radius 2 is 1.77 bits per heavy atom. The van der Waals surface area contributed by atoms with E-state index < -0.39 is 83.2 Å². The van der Waals surface area contributed by atoms with Crippen LogP contribution in [0.5, 0.6) is 0 Å². The van der Waals surface area contributed by atoms with Crippen LogP contribution in [0.15, 0.2) is 40.5 Å². The molecule has 3 saturated heterocycles. The second-order valence-electron chi connectivity index (χ2n) is 18.2. The zero-order valence-electron chi connectivity index (χ0n) is 39.2. The van der Waals surface area contributed by atoms with Crippen LogP contribution in [-0.4, -0.2) is 136 Å². The molecule has 2 aromatic rings. The topological polar surface area (TPSA) is 217 Å². The van der Waals surface area contributed by atoms with Gasteiger partial charge in [-0.25, -0.2) is 9.98 Å². The number of hydrogen-bond donors (Lipinski definition) is 3. The number of carbonyl (C=O) groups excluding carboxylic acids is 4. The molecule has 0 spiro atoms. The number of ether oxygens (including phenoxy) is 5. The van der Waals surface area contributed by atoms with Crippen LogP contribution in [0, 0.1) is 23.7 Å². The molecule has 64 heavy (non-hydrogen) atoms. The lowest BCUT2D eigenvalue weighted by molar-refractivity contribution is -0.296. The lowest BCUT2D eigenvalue weighted by Gasteiger charge is -2.47. The molecule has 17 nitrogen and oxygen atoms in total. The first-order valence-electron chi connectivity index (χ1n) is 22.0. The minimum Gasteiger partial charge on any atom is -0.459 e. The molecule has 3 aliphatic rings. The summed E-state index contributed by atoms with van der Waals surface area (Å²) in [5, 5.41) is 31.4. The highest BCUT2D eigenvalue weighted by Gasteiger charge is 2.53. The van der Waals surface area contributed by atoms with E-state index in [0.29, 0.717) is 23.6 Å². The van der Waals surface area contributed by atoms with Gasteiger partial charge in [0.2, 0.25) is 11.8 Å². The number of cyclic esters (lactones) is 1. The first-order chi connectivity index (χ1) is 30.1. The van der Waals surface area contributed by atoms with Gasteiger partial charge in [-0.1, -0.05) is 38.9 Å². The lowest BCUT2D eigenvalue weighted by atomic mass is 9.73. The Balaban J connectivity index is 1.61. The van der Waals surface area contributed by atoms with E-state index in [1.807, 2.05) is 57.1 Å². The van der Waals surface area contributed by atoms with Crippen molar-refractivity contribution >= 4 is 52.1 Å². The Kier molecular flexibility index (Phi) is 17.1. The van der Waals surface area contributed by atoms with Crippen molar-refractivity contribution in [1.29, 1.82) is 0 Å². The molecule has 3 aliphatic heterocycles. The molecule has 1 unspecified atom stereocenters. The number of hydrogen-bond acceptors (Lipinski definition) is 16. The molecule has 13 atom stereocenters. The van der Waals surface area contributed by atoms with E-state index in [2.05, 4.69) is 20.4 Å². The van der Waals surface area contributed by atoms with Crippen molar-refractivity contribution in [1.82, 2.24) is 9.88 Å². The Labute approximate surface area is 380 Å². The Morgan fingerprint density at radius 3 is 2.42 bits per heavy atom. The fourth-order valence-electron chi connectivity index (χ4n) is 9.21. The first kappa shape index (κ1) is 51.0. The third-order valence-electron chi connectivity index (χ3n) is 12.5. The number of fused-ring (bicyclic) bond motifs is 5. The minimum atomic E-state index is -1.87. The highest BCUT2D eigenvalue weighted by atomic mass is 32.1. The van der Waals surface area contributed by atoms with Crippen molar-refractivity contribution < 1.29 is 57.9 Å². The molecule has 3 fully saturated rings. The molecular formula is C46H67N5O12S. The number of likely N-dealkylation sites (N-methyl/N-ethyl adjacent to an activating group) is 1. The van der Waals surface area contributed by atoms with Crippen molar-refractivity contribution in [2.24, 2.45) is 33.8 Å². The van der Waals surface area contributed by atoms with E-state index in [-0.39, 0.29) is 56.4 Å². The summed E-state index contributed by atoms with van der Waals surface area (Å²) in [4.78, 5) is 71.6. The van der Waals surface area contributed by atoms with Crippen molar-refractivity contribution in [3.8, 4) is 10.6 Å². The Bertz CT molecular complexity index is 2040. The third-order valence-corrected chi connectivity index (χ3v) is 13.6. The zero-order valence-corrected chi connectivity index (χ0v) is 40.0. The molecule has 0 radical (unpaired) electrons. The number of carbonyl (C=O) groups is 4. The summed E-state index contributed by atoms with van der Waals surface area (Å²) in [6.07, 6.45) is -5.26. The smallest absolute Gasteiger partial charge is 0.316 e. The summed E-state index contributed by atoms with van der Waals surface area (Å²) in [7, 11) is 3.72. The van der Waals surface area contributed by atoms with Crippen LogP contribution in [0.1, 0.15) is 93.4 Å². The first-order valence-corrected chi connectivity index (χ1v) is 22.9. The summed E-state index contributed by atoms with van der Waals surface area (Å²) in [6.45, 7) is 16.1. The molecule has 3 N–H and O–H groups in total. The van der Waals surface area contributed by atoms with Gasteiger partial charge < -0.3 is 49.0 Å². The lowest BCUT2D eigenvalue weighted by Crippen LogP contribution is -2.60. The van der Waals surface area contributed by atoms with E-state index in [9.17, 15) is 29.4 Å². The summed E-state index contributed by atoms with van der Waals surface area (Å²) < 4.78 is 32.6. The van der Waals surface area contributed by atoms with E-state index >= 15 is 0 Å². The average Bonchev–Trinajstić information content (AvgIpc) is 3.70. The largest absolute Gasteiger partial charge is 0.459 e.